The maximum atomic E-state index is 11.9. The monoisotopic (exact) mass is 320 g/mol. The van der Waals surface area contributed by atoms with Crippen LogP contribution in [-0.4, -0.2) is 29.6 Å². The highest BCUT2D eigenvalue weighted by molar-refractivity contribution is 6.39. The first-order chi connectivity index (χ1) is 11.0. The summed E-state index contributed by atoms with van der Waals surface area (Å²) in [6, 6.07) is 7.30. The predicted octanol–water partition coefficient (Wildman–Crippen LogP) is 2.49. The molecule has 0 saturated heterocycles. The van der Waals surface area contributed by atoms with Gasteiger partial charge >= 0.3 is 11.8 Å². The number of carbonyl (C=O) groups excluding carboxylic acids is 2. The first-order valence-electron chi connectivity index (χ1n) is 8.29. The van der Waals surface area contributed by atoms with Crippen molar-refractivity contribution in [1.82, 2.24) is 5.32 Å². The van der Waals surface area contributed by atoms with Crippen molar-refractivity contribution in [2.45, 2.75) is 52.5 Å². The summed E-state index contributed by atoms with van der Waals surface area (Å²) >= 11 is 0. The van der Waals surface area contributed by atoms with Gasteiger partial charge in [0, 0.05) is 18.3 Å². The predicted molar refractivity (Wildman–Crippen MR) is 92.2 cm³/mol. The average molecular weight is 320 g/mol. The molecule has 5 nitrogen and oxygen atoms in total. The van der Waals surface area contributed by atoms with Crippen LogP contribution in [0.5, 0.6) is 0 Å². The number of amides is 2. The van der Waals surface area contributed by atoms with Gasteiger partial charge in [-0.25, -0.2) is 0 Å². The van der Waals surface area contributed by atoms with E-state index in [1.165, 1.54) is 18.4 Å². The molecule has 0 heterocycles. The summed E-state index contributed by atoms with van der Waals surface area (Å²) in [5.74, 6) is -1.49. The molecule has 2 atom stereocenters. The quantitative estimate of drug-likeness (QED) is 0.508. The Morgan fingerprint density at radius 1 is 1.09 bits per heavy atom. The molecule has 5 heteroatoms. The third kappa shape index (κ3) is 6.82. The van der Waals surface area contributed by atoms with E-state index in [0.717, 1.165) is 12.8 Å². The number of rotatable bonds is 8. The van der Waals surface area contributed by atoms with E-state index < -0.39 is 11.8 Å². The standard InChI is InChI=1S/C18H28N2O3/c1-4-5-6-7-15-8-10-16(11-9-15)20-18(23)17(22)19-14(3)13(2)12-21/h8-11,13-14,21H,4-7,12H2,1-3H3,(H,19,22)(H,20,23). The van der Waals surface area contributed by atoms with Crippen LogP contribution in [0.3, 0.4) is 0 Å². The first kappa shape index (κ1) is 19.2. The Morgan fingerprint density at radius 2 is 1.74 bits per heavy atom. The second-order valence-electron chi connectivity index (χ2n) is 6.03. The van der Waals surface area contributed by atoms with Gasteiger partial charge < -0.3 is 15.7 Å². The Hall–Kier alpha value is -1.88. The molecule has 2 unspecified atom stereocenters. The van der Waals surface area contributed by atoms with Crippen molar-refractivity contribution < 1.29 is 14.7 Å². The van der Waals surface area contributed by atoms with Crippen LogP contribution in [0.2, 0.25) is 0 Å². The van der Waals surface area contributed by atoms with Crippen LogP contribution in [0.15, 0.2) is 24.3 Å². The van der Waals surface area contributed by atoms with Crippen LogP contribution in [0.4, 0.5) is 5.69 Å². The number of hydrogen-bond donors (Lipinski definition) is 3. The average Bonchev–Trinajstić information content (AvgIpc) is 2.55. The molecule has 1 rings (SSSR count). The number of benzene rings is 1. The fourth-order valence-electron chi connectivity index (χ4n) is 2.09. The van der Waals surface area contributed by atoms with Gasteiger partial charge in [-0.05, 0) is 43.4 Å². The van der Waals surface area contributed by atoms with Gasteiger partial charge in [0.2, 0.25) is 0 Å². The molecule has 23 heavy (non-hydrogen) atoms. The summed E-state index contributed by atoms with van der Waals surface area (Å²) in [4.78, 5) is 23.7. The largest absolute Gasteiger partial charge is 0.396 e. The maximum absolute atomic E-state index is 11.9. The molecule has 0 aliphatic heterocycles. The summed E-state index contributed by atoms with van der Waals surface area (Å²) in [7, 11) is 0. The zero-order valence-electron chi connectivity index (χ0n) is 14.3. The van der Waals surface area contributed by atoms with Gasteiger partial charge in [0.25, 0.3) is 0 Å². The molecule has 3 N–H and O–H groups in total. The SMILES string of the molecule is CCCCCc1ccc(NC(=O)C(=O)NC(C)C(C)CO)cc1. The normalized spacial score (nSPS) is 13.2. The molecule has 2 amide bonds. The maximum Gasteiger partial charge on any atom is 0.313 e. The third-order valence-corrected chi connectivity index (χ3v) is 3.99. The van der Waals surface area contributed by atoms with E-state index >= 15 is 0 Å². The van der Waals surface area contributed by atoms with Gasteiger partial charge in [0.15, 0.2) is 0 Å². The van der Waals surface area contributed by atoms with E-state index in [-0.39, 0.29) is 18.6 Å². The van der Waals surface area contributed by atoms with Gasteiger partial charge in [-0.15, -0.1) is 0 Å². The topological polar surface area (TPSA) is 78.4 Å². The Balaban J connectivity index is 2.48. The summed E-state index contributed by atoms with van der Waals surface area (Å²) in [6.45, 7) is 5.70. The van der Waals surface area contributed by atoms with Gasteiger partial charge in [-0.2, -0.15) is 0 Å². The number of aliphatic hydroxyl groups is 1. The zero-order valence-corrected chi connectivity index (χ0v) is 14.3. The molecule has 0 fully saturated rings. The summed E-state index contributed by atoms with van der Waals surface area (Å²) in [5, 5.41) is 14.2. The van der Waals surface area contributed by atoms with Crippen LogP contribution in [0, 0.1) is 5.92 Å². The smallest absolute Gasteiger partial charge is 0.313 e. The molecule has 0 radical (unpaired) electrons. The summed E-state index contributed by atoms with van der Waals surface area (Å²) in [6.07, 6.45) is 4.59. The van der Waals surface area contributed by atoms with Gasteiger partial charge in [0.05, 0.1) is 0 Å². The van der Waals surface area contributed by atoms with Crippen molar-refractivity contribution in [1.29, 1.82) is 0 Å². The number of carbonyl (C=O) groups is 2. The minimum atomic E-state index is -0.694. The number of hydrogen-bond acceptors (Lipinski definition) is 3. The minimum absolute atomic E-state index is 0.0391. The van der Waals surface area contributed by atoms with E-state index in [2.05, 4.69) is 17.6 Å². The van der Waals surface area contributed by atoms with Crippen LogP contribution >= 0.6 is 0 Å². The highest BCUT2D eigenvalue weighted by atomic mass is 16.3. The van der Waals surface area contributed by atoms with E-state index in [4.69, 9.17) is 5.11 Å². The number of unbranched alkanes of at least 4 members (excludes halogenated alkanes) is 2. The fraction of sp³-hybridized carbons (Fsp3) is 0.556. The number of nitrogens with one attached hydrogen (secondary N) is 2. The van der Waals surface area contributed by atoms with Gasteiger partial charge in [-0.1, -0.05) is 38.8 Å². The lowest BCUT2D eigenvalue weighted by Gasteiger charge is -2.18. The van der Waals surface area contributed by atoms with Gasteiger partial charge in [-0.3, -0.25) is 9.59 Å². The first-order valence-corrected chi connectivity index (χ1v) is 8.29. The lowest BCUT2D eigenvalue weighted by atomic mass is 10.1. The molecule has 128 valence electrons. The van der Waals surface area contributed by atoms with Crippen molar-refractivity contribution >= 4 is 17.5 Å². The summed E-state index contributed by atoms with van der Waals surface area (Å²) in [5.41, 5.74) is 1.83. The Bertz CT molecular complexity index is 499. The fourth-order valence-corrected chi connectivity index (χ4v) is 2.09. The number of aryl methyl sites for hydroxylation is 1. The van der Waals surface area contributed by atoms with Gasteiger partial charge in [0.1, 0.15) is 0 Å². The highest BCUT2D eigenvalue weighted by Crippen LogP contribution is 2.12. The van der Waals surface area contributed by atoms with Crippen LogP contribution in [0.1, 0.15) is 45.6 Å². The van der Waals surface area contributed by atoms with Crippen LogP contribution in [-0.2, 0) is 16.0 Å². The molecule has 1 aromatic carbocycles. The van der Waals surface area contributed by atoms with Crippen molar-refractivity contribution in [2.24, 2.45) is 5.92 Å². The summed E-state index contributed by atoms with van der Waals surface area (Å²) < 4.78 is 0. The minimum Gasteiger partial charge on any atom is -0.396 e. The molecule has 0 saturated carbocycles. The van der Waals surface area contributed by atoms with Crippen molar-refractivity contribution in [3.63, 3.8) is 0 Å². The third-order valence-electron chi connectivity index (χ3n) is 3.99. The molecular formula is C18H28N2O3. The van der Waals surface area contributed by atoms with Crippen LogP contribution in [0.25, 0.3) is 0 Å². The van der Waals surface area contributed by atoms with Crippen molar-refractivity contribution in [3.05, 3.63) is 29.8 Å². The van der Waals surface area contributed by atoms with E-state index in [1.807, 2.05) is 24.3 Å². The number of aliphatic hydroxyl groups excluding tert-OH is 1. The van der Waals surface area contributed by atoms with E-state index in [1.54, 1.807) is 13.8 Å². The lowest BCUT2D eigenvalue weighted by Crippen LogP contribution is -2.43. The highest BCUT2D eigenvalue weighted by Gasteiger charge is 2.19. The van der Waals surface area contributed by atoms with E-state index in [0.29, 0.717) is 5.69 Å². The van der Waals surface area contributed by atoms with Crippen molar-refractivity contribution in [2.75, 3.05) is 11.9 Å². The Kier molecular flexibility index (Phi) is 8.33. The van der Waals surface area contributed by atoms with E-state index in [9.17, 15) is 9.59 Å². The lowest BCUT2D eigenvalue weighted by molar-refractivity contribution is -0.136. The molecule has 0 aromatic heterocycles. The number of anilines is 1. The molecule has 0 aliphatic carbocycles. The second kappa shape index (κ2) is 10.0. The molecule has 0 aliphatic rings. The molecule has 1 aromatic rings. The van der Waals surface area contributed by atoms with Crippen molar-refractivity contribution in [3.8, 4) is 0 Å². The molecule has 0 spiro atoms. The zero-order chi connectivity index (χ0) is 17.2. The second-order valence-corrected chi connectivity index (χ2v) is 6.03. The Morgan fingerprint density at radius 3 is 2.30 bits per heavy atom. The van der Waals surface area contributed by atoms with Crippen LogP contribution < -0.4 is 10.6 Å². The molecule has 0 bridgehead atoms. The molecular weight excluding hydrogens is 292 g/mol. The Labute approximate surface area is 138 Å².